The van der Waals surface area contributed by atoms with Gasteiger partial charge in [0.2, 0.25) is 5.91 Å². The first-order chi connectivity index (χ1) is 17.8. The van der Waals surface area contributed by atoms with Crippen LogP contribution in [0.1, 0.15) is 54.0 Å². The lowest BCUT2D eigenvalue weighted by molar-refractivity contribution is -0.124. The molecule has 1 heterocycles. The Labute approximate surface area is 231 Å². The number of benzene rings is 2. The molecule has 1 unspecified atom stereocenters. The van der Waals surface area contributed by atoms with Crippen LogP contribution in [0, 0.1) is 5.92 Å². The molecule has 1 atom stereocenters. The molecule has 0 bridgehead atoms. The SMILES string of the molecule is CC(C)OC(=O)Nc1ccc(-c2ncc(-c3ccc(CNC(=O)C(C)C)cc3[S+]([O-])NC(C)(C)C)s2)cc1. The molecule has 8 nitrogen and oxygen atoms in total. The third kappa shape index (κ3) is 8.56. The number of carbonyl (C=O) groups is 2. The summed E-state index contributed by atoms with van der Waals surface area (Å²) in [5.74, 6) is -0.144. The monoisotopic (exact) mass is 556 g/mol. The van der Waals surface area contributed by atoms with E-state index in [2.05, 4.69) is 20.3 Å². The Bertz CT molecular complexity index is 1250. The largest absolute Gasteiger partial charge is 0.593 e. The van der Waals surface area contributed by atoms with E-state index in [0.717, 1.165) is 26.6 Å². The van der Waals surface area contributed by atoms with Crippen LogP contribution in [0.4, 0.5) is 10.5 Å². The van der Waals surface area contributed by atoms with Crippen LogP contribution in [0.15, 0.2) is 53.6 Å². The molecule has 0 saturated carbocycles. The molecular formula is C28H36N4O4S2. The van der Waals surface area contributed by atoms with Crippen molar-refractivity contribution >= 4 is 40.4 Å². The summed E-state index contributed by atoms with van der Waals surface area (Å²) in [5, 5.41) is 6.42. The third-order valence-corrected chi connectivity index (χ3v) is 7.74. The van der Waals surface area contributed by atoms with Gasteiger partial charge in [0, 0.05) is 36.0 Å². The first kappa shape index (κ1) is 29.6. The average molecular weight is 557 g/mol. The number of aromatic nitrogens is 1. The fourth-order valence-corrected chi connectivity index (χ4v) is 5.68. The van der Waals surface area contributed by atoms with E-state index in [9.17, 15) is 14.1 Å². The molecule has 0 radical (unpaired) electrons. The highest BCUT2D eigenvalue weighted by atomic mass is 32.2. The Balaban J connectivity index is 1.86. The molecule has 0 saturated heterocycles. The summed E-state index contributed by atoms with van der Waals surface area (Å²) in [5.41, 5.74) is 2.85. The van der Waals surface area contributed by atoms with E-state index in [1.54, 1.807) is 32.2 Å². The Morgan fingerprint density at radius 3 is 2.37 bits per heavy atom. The molecule has 2 amide bonds. The number of thiazole rings is 1. The number of carbonyl (C=O) groups excluding carboxylic acids is 2. The molecular weight excluding hydrogens is 520 g/mol. The van der Waals surface area contributed by atoms with E-state index in [4.69, 9.17) is 4.74 Å². The topological polar surface area (TPSA) is 115 Å². The van der Waals surface area contributed by atoms with Crippen LogP contribution < -0.4 is 15.4 Å². The van der Waals surface area contributed by atoms with Crippen molar-refractivity contribution in [2.75, 3.05) is 5.32 Å². The second-order valence-corrected chi connectivity index (χ2v) is 12.7. The molecule has 0 aliphatic heterocycles. The summed E-state index contributed by atoms with van der Waals surface area (Å²) in [4.78, 5) is 30.0. The Morgan fingerprint density at radius 1 is 1.08 bits per heavy atom. The van der Waals surface area contributed by atoms with Gasteiger partial charge in [-0.25, -0.2) is 9.78 Å². The molecule has 38 heavy (non-hydrogen) atoms. The second kappa shape index (κ2) is 12.8. The minimum Gasteiger partial charge on any atom is -0.593 e. The molecule has 2 aromatic carbocycles. The van der Waals surface area contributed by atoms with Gasteiger partial charge in [0.05, 0.1) is 33.4 Å². The van der Waals surface area contributed by atoms with Crippen molar-refractivity contribution in [3.8, 4) is 21.0 Å². The summed E-state index contributed by atoms with van der Waals surface area (Å²) in [6, 6.07) is 13.1. The third-order valence-electron chi connectivity index (χ3n) is 5.13. The maximum absolute atomic E-state index is 13.4. The highest BCUT2D eigenvalue weighted by molar-refractivity contribution is 7.89. The Hall–Kier alpha value is -2.92. The van der Waals surface area contributed by atoms with Gasteiger partial charge >= 0.3 is 6.09 Å². The maximum atomic E-state index is 13.4. The maximum Gasteiger partial charge on any atom is 0.411 e. The summed E-state index contributed by atoms with van der Waals surface area (Å²) in [6.45, 7) is 13.5. The minimum absolute atomic E-state index is 0.0327. The number of hydrogen-bond donors (Lipinski definition) is 3. The van der Waals surface area contributed by atoms with Crippen molar-refractivity contribution in [2.24, 2.45) is 5.92 Å². The van der Waals surface area contributed by atoms with E-state index in [0.29, 0.717) is 17.1 Å². The molecule has 3 rings (SSSR count). The van der Waals surface area contributed by atoms with Gasteiger partial charge in [-0.1, -0.05) is 19.9 Å². The highest BCUT2D eigenvalue weighted by Gasteiger charge is 2.25. The number of anilines is 1. The summed E-state index contributed by atoms with van der Waals surface area (Å²) >= 11 is 0.00695. The molecule has 3 N–H and O–H groups in total. The molecule has 10 heteroatoms. The van der Waals surface area contributed by atoms with Gasteiger partial charge in [0.15, 0.2) is 4.90 Å². The van der Waals surface area contributed by atoms with Crippen molar-refractivity contribution in [1.82, 2.24) is 15.0 Å². The van der Waals surface area contributed by atoms with Crippen LogP contribution >= 0.6 is 11.3 Å². The fourth-order valence-electron chi connectivity index (χ4n) is 3.35. The molecule has 1 aromatic heterocycles. The van der Waals surface area contributed by atoms with Crippen LogP contribution in [-0.2, 0) is 27.4 Å². The number of ether oxygens (including phenoxy) is 1. The fraction of sp³-hybridized carbons (Fsp3) is 0.393. The van der Waals surface area contributed by atoms with Crippen LogP contribution in [0.25, 0.3) is 21.0 Å². The van der Waals surface area contributed by atoms with Crippen molar-refractivity contribution in [3.63, 3.8) is 0 Å². The van der Waals surface area contributed by atoms with Gasteiger partial charge < -0.3 is 14.6 Å². The summed E-state index contributed by atoms with van der Waals surface area (Å²) in [7, 11) is 0. The standard InChI is InChI=1S/C28H36N4O4S2/c1-17(2)25(33)29-15-19-8-13-22(24(14-19)38(35)32-28(5,6)7)23-16-30-26(37-23)20-9-11-21(12-10-20)31-27(34)36-18(3)4/h8-14,16-18,32H,15H2,1-7H3,(H,29,33)(H,31,34). The van der Waals surface area contributed by atoms with E-state index >= 15 is 0 Å². The van der Waals surface area contributed by atoms with Crippen LogP contribution in [0.2, 0.25) is 0 Å². The zero-order chi connectivity index (χ0) is 28.0. The van der Waals surface area contributed by atoms with Gasteiger partial charge in [-0.05, 0) is 70.5 Å². The molecule has 0 aliphatic rings. The summed E-state index contributed by atoms with van der Waals surface area (Å²) in [6.07, 6.45) is 1.08. The van der Waals surface area contributed by atoms with Crippen LogP contribution in [0.3, 0.4) is 0 Å². The zero-order valence-electron chi connectivity index (χ0n) is 22.9. The number of amides is 2. The Morgan fingerprint density at radius 2 is 1.76 bits per heavy atom. The van der Waals surface area contributed by atoms with Crippen molar-refractivity contribution < 1.29 is 18.9 Å². The molecule has 0 fully saturated rings. The lowest BCUT2D eigenvalue weighted by Crippen LogP contribution is -2.40. The lowest BCUT2D eigenvalue weighted by Gasteiger charge is -2.23. The van der Waals surface area contributed by atoms with E-state index in [-0.39, 0.29) is 23.5 Å². The first-order valence-corrected chi connectivity index (χ1v) is 14.4. The zero-order valence-corrected chi connectivity index (χ0v) is 24.5. The van der Waals surface area contributed by atoms with Crippen molar-refractivity contribution in [3.05, 3.63) is 54.2 Å². The van der Waals surface area contributed by atoms with Gasteiger partial charge in [0.25, 0.3) is 0 Å². The van der Waals surface area contributed by atoms with Gasteiger partial charge in [-0.15, -0.1) is 16.1 Å². The summed E-state index contributed by atoms with van der Waals surface area (Å²) < 4.78 is 21.6. The smallest absolute Gasteiger partial charge is 0.411 e. The van der Waals surface area contributed by atoms with Crippen LogP contribution in [-0.4, -0.2) is 33.2 Å². The number of nitrogens with zero attached hydrogens (tertiary/aromatic N) is 1. The van der Waals surface area contributed by atoms with E-state index in [1.165, 1.54) is 11.3 Å². The first-order valence-electron chi connectivity index (χ1n) is 12.5. The average Bonchev–Trinajstić information content (AvgIpc) is 3.31. The van der Waals surface area contributed by atoms with E-state index < -0.39 is 17.5 Å². The minimum atomic E-state index is -1.48. The Kier molecular flexibility index (Phi) is 9.94. The van der Waals surface area contributed by atoms with Gasteiger partial charge in [-0.3, -0.25) is 10.1 Å². The van der Waals surface area contributed by atoms with Crippen LogP contribution in [0.5, 0.6) is 0 Å². The highest BCUT2D eigenvalue weighted by Crippen LogP contribution is 2.36. The van der Waals surface area contributed by atoms with Crippen molar-refractivity contribution in [2.45, 2.75) is 71.5 Å². The molecule has 0 spiro atoms. The number of hydrogen-bond acceptors (Lipinski definition) is 7. The normalized spacial score (nSPS) is 12.5. The molecule has 0 aliphatic carbocycles. The molecule has 204 valence electrons. The van der Waals surface area contributed by atoms with Gasteiger partial charge in [-0.2, -0.15) is 0 Å². The molecule has 3 aromatic rings. The predicted octanol–water partition coefficient (Wildman–Crippen LogP) is 6.12. The lowest BCUT2D eigenvalue weighted by atomic mass is 10.1. The van der Waals surface area contributed by atoms with E-state index in [1.807, 2.05) is 65.0 Å². The predicted molar refractivity (Wildman–Crippen MR) is 154 cm³/mol. The quantitative estimate of drug-likeness (QED) is 0.274. The van der Waals surface area contributed by atoms with Gasteiger partial charge in [0.1, 0.15) is 5.01 Å². The van der Waals surface area contributed by atoms with Crippen molar-refractivity contribution in [1.29, 1.82) is 0 Å². The number of nitrogens with one attached hydrogen (secondary N) is 3. The second-order valence-electron chi connectivity index (χ2n) is 10.5. The number of rotatable bonds is 9.